The number of amides is 1. The number of hydrogen-bond acceptors (Lipinski definition) is 3. The van der Waals surface area contributed by atoms with E-state index in [2.05, 4.69) is 48.5 Å². The molecule has 2 N–H and O–H groups in total. The van der Waals surface area contributed by atoms with Crippen molar-refractivity contribution in [3.63, 3.8) is 0 Å². The number of rotatable bonds is 3. The fourth-order valence-electron chi connectivity index (χ4n) is 5.45. The molecule has 4 nitrogen and oxygen atoms in total. The summed E-state index contributed by atoms with van der Waals surface area (Å²) in [6.45, 7) is 1.13. The van der Waals surface area contributed by atoms with Gasteiger partial charge in [-0.15, -0.1) is 0 Å². The summed E-state index contributed by atoms with van der Waals surface area (Å²) in [5, 5.41) is 0. The van der Waals surface area contributed by atoms with Gasteiger partial charge in [0, 0.05) is 18.0 Å². The van der Waals surface area contributed by atoms with Gasteiger partial charge in [0.1, 0.15) is 6.61 Å². The Morgan fingerprint density at radius 3 is 2.07 bits per heavy atom. The molecule has 27 heavy (non-hydrogen) atoms. The van der Waals surface area contributed by atoms with Crippen LogP contribution >= 0.6 is 0 Å². The highest BCUT2D eigenvalue weighted by Gasteiger charge is 2.44. The molecule has 0 saturated carbocycles. The highest BCUT2D eigenvalue weighted by Crippen LogP contribution is 2.45. The summed E-state index contributed by atoms with van der Waals surface area (Å²) in [7, 11) is 0. The van der Waals surface area contributed by atoms with Crippen molar-refractivity contribution in [2.24, 2.45) is 11.7 Å². The van der Waals surface area contributed by atoms with Crippen LogP contribution in [0.5, 0.6) is 0 Å². The number of ether oxygens (including phenoxy) is 1. The summed E-state index contributed by atoms with van der Waals surface area (Å²) in [6, 6.07) is 17.5. The molecule has 5 rings (SSSR count). The van der Waals surface area contributed by atoms with Crippen molar-refractivity contribution in [3.05, 3.63) is 59.7 Å². The fraction of sp³-hybridized carbons (Fsp3) is 0.435. The van der Waals surface area contributed by atoms with Gasteiger partial charge < -0.3 is 15.4 Å². The first-order valence-electron chi connectivity index (χ1n) is 10.1. The predicted octanol–water partition coefficient (Wildman–Crippen LogP) is 4.14. The van der Waals surface area contributed by atoms with Crippen LogP contribution in [-0.4, -0.2) is 36.2 Å². The molecule has 0 radical (unpaired) electrons. The molecule has 1 aliphatic carbocycles. The molecule has 2 bridgehead atoms. The van der Waals surface area contributed by atoms with Gasteiger partial charge >= 0.3 is 6.09 Å². The van der Waals surface area contributed by atoms with E-state index in [1.165, 1.54) is 22.3 Å². The van der Waals surface area contributed by atoms with Gasteiger partial charge in [-0.05, 0) is 60.4 Å². The van der Waals surface area contributed by atoms with Gasteiger partial charge in [0.2, 0.25) is 0 Å². The van der Waals surface area contributed by atoms with Crippen LogP contribution < -0.4 is 5.73 Å². The van der Waals surface area contributed by atoms with E-state index in [0.29, 0.717) is 24.6 Å². The van der Waals surface area contributed by atoms with Gasteiger partial charge in [-0.2, -0.15) is 0 Å². The molecule has 4 heteroatoms. The second-order valence-electron chi connectivity index (χ2n) is 8.17. The average molecular weight is 362 g/mol. The first kappa shape index (κ1) is 16.8. The number of hydrogen-bond donors (Lipinski definition) is 1. The lowest BCUT2D eigenvalue weighted by atomic mass is 9.91. The quantitative estimate of drug-likeness (QED) is 0.893. The van der Waals surface area contributed by atoms with Gasteiger partial charge in [0.25, 0.3) is 0 Å². The second-order valence-corrected chi connectivity index (χ2v) is 8.17. The number of fused-ring (bicyclic) bond motifs is 5. The summed E-state index contributed by atoms with van der Waals surface area (Å²) in [5.74, 6) is 0.681. The Bertz CT molecular complexity index is 805. The number of carbonyl (C=O) groups excluding carboxylic acids is 1. The monoisotopic (exact) mass is 362 g/mol. The van der Waals surface area contributed by atoms with Crippen LogP contribution in [0.4, 0.5) is 4.79 Å². The molecule has 1 amide bonds. The smallest absolute Gasteiger partial charge is 0.410 e. The van der Waals surface area contributed by atoms with Crippen molar-refractivity contribution < 1.29 is 9.53 Å². The van der Waals surface area contributed by atoms with E-state index in [1.807, 2.05) is 4.90 Å². The lowest BCUT2D eigenvalue weighted by molar-refractivity contribution is 0.0569. The number of piperidine rings is 1. The number of benzene rings is 2. The van der Waals surface area contributed by atoms with E-state index in [0.717, 1.165) is 32.2 Å². The van der Waals surface area contributed by atoms with Crippen LogP contribution in [0.2, 0.25) is 0 Å². The van der Waals surface area contributed by atoms with Gasteiger partial charge in [-0.1, -0.05) is 48.5 Å². The van der Waals surface area contributed by atoms with E-state index in [1.54, 1.807) is 0 Å². The maximum absolute atomic E-state index is 12.9. The van der Waals surface area contributed by atoms with Gasteiger partial charge in [-0.3, -0.25) is 0 Å². The Labute approximate surface area is 160 Å². The van der Waals surface area contributed by atoms with Crippen LogP contribution in [-0.2, 0) is 4.74 Å². The number of nitrogens with two attached hydrogens (primary N) is 1. The van der Waals surface area contributed by atoms with E-state index >= 15 is 0 Å². The van der Waals surface area contributed by atoms with Crippen molar-refractivity contribution in [1.29, 1.82) is 0 Å². The van der Waals surface area contributed by atoms with Gasteiger partial charge in [-0.25, -0.2) is 4.79 Å². The first-order chi connectivity index (χ1) is 13.3. The summed E-state index contributed by atoms with van der Waals surface area (Å²) < 4.78 is 5.88. The molecular formula is C23H26N2O2. The van der Waals surface area contributed by atoms with Crippen molar-refractivity contribution in [1.82, 2.24) is 4.90 Å². The summed E-state index contributed by atoms with van der Waals surface area (Å²) >= 11 is 0. The molecule has 2 atom stereocenters. The lowest BCUT2D eigenvalue weighted by Crippen LogP contribution is -2.48. The largest absolute Gasteiger partial charge is 0.448 e. The number of nitrogens with zero attached hydrogens (tertiary/aromatic N) is 1. The van der Waals surface area contributed by atoms with E-state index < -0.39 is 0 Å². The zero-order chi connectivity index (χ0) is 18.4. The highest BCUT2D eigenvalue weighted by molar-refractivity contribution is 5.79. The summed E-state index contributed by atoms with van der Waals surface area (Å²) in [6.07, 6.45) is 4.09. The molecule has 2 aromatic rings. The Morgan fingerprint density at radius 2 is 1.52 bits per heavy atom. The summed E-state index contributed by atoms with van der Waals surface area (Å²) in [4.78, 5) is 14.9. The van der Waals surface area contributed by atoms with E-state index in [9.17, 15) is 4.79 Å². The van der Waals surface area contributed by atoms with Crippen molar-refractivity contribution in [3.8, 4) is 11.1 Å². The highest BCUT2D eigenvalue weighted by atomic mass is 16.6. The topological polar surface area (TPSA) is 55.6 Å². The molecule has 2 aliphatic heterocycles. The minimum Gasteiger partial charge on any atom is -0.448 e. The van der Waals surface area contributed by atoms with Crippen molar-refractivity contribution in [2.75, 3.05) is 13.2 Å². The Morgan fingerprint density at radius 1 is 0.963 bits per heavy atom. The maximum atomic E-state index is 12.9. The molecule has 140 valence electrons. The normalized spacial score (nSPS) is 26.0. The Kier molecular flexibility index (Phi) is 4.16. The molecule has 2 aromatic carbocycles. The SMILES string of the molecule is NCC1CC2CCC(C1)N2C(=O)OCC1c2ccccc2-c2ccccc21. The molecule has 2 saturated heterocycles. The Hall–Kier alpha value is -2.33. The molecular weight excluding hydrogens is 336 g/mol. The third-order valence-electron chi connectivity index (χ3n) is 6.71. The molecule has 0 spiro atoms. The maximum Gasteiger partial charge on any atom is 0.410 e. The molecule has 0 aromatic heterocycles. The van der Waals surface area contributed by atoms with E-state index in [-0.39, 0.29) is 12.0 Å². The molecule has 3 aliphatic rings. The second kappa shape index (κ2) is 6.68. The summed E-state index contributed by atoms with van der Waals surface area (Å²) in [5.41, 5.74) is 10.9. The van der Waals surface area contributed by atoms with Crippen LogP contribution in [0, 0.1) is 5.92 Å². The van der Waals surface area contributed by atoms with Crippen LogP contribution in [0.25, 0.3) is 11.1 Å². The third kappa shape index (κ3) is 2.74. The van der Waals surface area contributed by atoms with Crippen LogP contribution in [0.1, 0.15) is 42.7 Å². The molecule has 2 unspecified atom stereocenters. The van der Waals surface area contributed by atoms with Crippen molar-refractivity contribution in [2.45, 2.75) is 43.7 Å². The van der Waals surface area contributed by atoms with E-state index in [4.69, 9.17) is 10.5 Å². The fourth-order valence-corrected chi connectivity index (χ4v) is 5.45. The Balaban J connectivity index is 1.33. The van der Waals surface area contributed by atoms with Gasteiger partial charge in [0.05, 0.1) is 0 Å². The zero-order valence-corrected chi connectivity index (χ0v) is 15.5. The minimum atomic E-state index is -0.139. The first-order valence-corrected chi connectivity index (χ1v) is 10.1. The van der Waals surface area contributed by atoms with Crippen LogP contribution in [0.15, 0.2) is 48.5 Å². The predicted molar refractivity (Wildman–Crippen MR) is 105 cm³/mol. The average Bonchev–Trinajstić information content (AvgIpc) is 3.17. The van der Waals surface area contributed by atoms with Gasteiger partial charge in [0.15, 0.2) is 0 Å². The minimum absolute atomic E-state index is 0.126. The standard InChI is InChI=1S/C23H26N2O2/c24-13-15-11-16-9-10-17(12-15)25(16)23(26)27-14-22-20-7-3-1-5-18(20)19-6-2-4-8-21(19)22/h1-8,15-17,22H,9-14,24H2. The lowest BCUT2D eigenvalue weighted by Gasteiger charge is -2.38. The molecule has 2 heterocycles. The molecule has 2 fully saturated rings. The third-order valence-corrected chi connectivity index (χ3v) is 6.71. The number of carbonyl (C=O) groups is 1. The zero-order valence-electron chi connectivity index (χ0n) is 15.5. The van der Waals surface area contributed by atoms with Crippen LogP contribution in [0.3, 0.4) is 0 Å². The van der Waals surface area contributed by atoms with Crippen molar-refractivity contribution >= 4 is 6.09 Å².